The van der Waals surface area contributed by atoms with Crippen LogP contribution in [0.2, 0.25) is 0 Å². The number of nitriles is 1. The van der Waals surface area contributed by atoms with E-state index < -0.39 is 5.97 Å². The minimum atomic E-state index is -0.932. The fourth-order valence-corrected chi connectivity index (χ4v) is 3.64. The van der Waals surface area contributed by atoms with Gasteiger partial charge in [-0.3, -0.25) is 4.79 Å². The molecule has 1 N–H and O–H groups in total. The molecule has 1 amide bonds. The number of carboxylic acid groups (broad SMARTS) is 1. The van der Waals surface area contributed by atoms with E-state index in [4.69, 9.17) is 10.4 Å². The van der Waals surface area contributed by atoms with Gasteiger partial charge in [-0.25, -0.2) is 4.79 Å². The minimum absolute atomic E-state index is 0.0762. The number of benzene rings is 2. The summed E-state index contributed by atoms with van der Waals surface area (Å²) in [4.78, 5) is 25.7. The number of likely N-dealkylation sites (tertiary alicyclic amines) is 1. The molecule has 1 atom stereocenters. The van der Waals surface area contributed by atoms with Crippen LogP contribution in [0.4, 0.5) is 0 Å². The summed E-state index contributed by atoms with van der Waals surface area (Å²) in [6.07, 6.45) is 2.53. The van der Waals surface area contributed by atoms with E-state index in [0.717, 1.165) is 36.1 Å². The van der Waals surface area contributed by atoms with Crippen LogP contribution in [-0.4, -0.2) is 35.0 Å². The summed E-state index contributed by atoms with van der Waals surface area (Å²) in [5, 5.41) is 18.0. The molecule has 0 aromatic heterocycles. The highest BCUT2D eigenvalue weighted by atomic mass is 16.4. The number of amides is 1. The molecule has 138 valence electrons. The van der Waals surface area contributed by atoms with Crippen molar-refractivity contribution in [3.8, 4) is 6.07 Å². The molecule has 5 heteroatoms. The molecular formula is C22H22N2O3. The highest BCUT2D eigenvalue weighted by Gasteiger charge is 2.25. The van der Waals surface area contributed by atoms with Gasteiger partial charge in [-0.15, -0.1) is 0 Å². The number of rotatable bonds is 5. The second-order valence-electron chi connectivity index (χ2n) is 6.89. The molecule has 1 heterocycles. The van der Waals surface area contributed by atoms with Crippen molar-refractivity contribution in [2.75, 3.05) is 13.1 Å². The van der Waals surface area contributed by atoms with Gasteiger partial charge in [-0.1, -0.05) is 36.4 Å². The van der Waals surface area contributed by atoms with E-state index in [1.807, 2.05) is 41.3 Å². The maximum Gasteiger partial charge on any atom is 0.335 e. The molecule has 0 radical (unpaired) electrons. The van der Waals surface area contributed by atoms with Crippen LogP contribution in [0.3, 0.4) is 0 Å². The van der Waals surface area contributed by atoms with Crippen LogP contribution in [0.15, 0.2) is 48.5 Å². The molecular weight excluding hydrogens is 340 g/mol. The third kappa shape index (κ3) is 4.53. The van der Waals surface area contributed by atoms with Gasteiger partial charge < -0.3 is 10.0 Å². The fourth-order valence-electron chi connectivity index (χ4n) is 3.64. The van der Waals surface area contributed by atoms with Crippen molar-refractivity contribution in [3.63, 3.8) is 0 Å². The van der Waals surface area contributed by atoms with Gasteiger partial charge in [-0.05, 0) is 41.7 Å². The number of hydrogen-bond donors (Lipinski definition) is 1. The summed E-state index contributed by atoms with van der Waals surface area (Å²) in [7, 11) is 0. The average Bonchev–Trinajstić information content (AvgIpc) is 2.70. The monoisotopic (exact) mass is 362 g/mol. The van der Waals surface area contributed by atoms with Gasteiger partial charge in [0.15, 0.2) is 0 Å². The second-order valence-corrected chi connectivity index (χ2v) is 6.89. The number of hydrogen-bond acceptors (Lipinski definition) is 3. The van der Waals surface area contributed by atoms with Crippen molar-refractivity contribution < 1.29 is 14.7 Å². The molecule has 0 saturated carbocycles. The maximum absolute atomic E-state index is 12.8. The quantitative estimate of drug-likeness (QED) is 0.884. The molecule has 1 aliphatic heterocycles. The van der Waals surface area contributed by atoms with Crippen LogP contribution in [0.1, 0.15) is 45.8 Å². The first-order valence-corrected chi connectivity index (χ1v) is 9.13. The Kier molecular flexibility index (Phi) is 5.87. The first-order chi connectivity index (χ1) is 13.1. The molecule has 27 heavy (non-hydrogen) atoms. The van der Waals surface area contributed by atoms with Gasteiger partial charge >= 0.3 is 5.97 Å². The lowest BCUT2D eigenvalue weighted by atomic mass is 9.89. The van der Waals surface area contributed by atoms with E-state index in [-0.39, 0.29) is 17.4 Å². The van der Waals surface area contributed by atoms with Crippen LogP contribution in [0.5, 0.6) is 0 Å². The van der Waals surface area contributed by atoms with E-state index in [2.05, 4.69) is 6.07 Å². The lowest BCUT2D eigenvalue weighted by Crippen LogP contribution is -2.40. The normalized spacial score (nSPS) is 16.6. The molecule has 3 rings (SSSR count). The maximum atomic E-state index is 12.8. The Bertz CT molecular complexity index is 868. The summed E-state index contributed by atoms with van der Waals surface area (Å²) >= 11 is 0. The molecule has 5 nitrogen and oxygen atoms in total. The minimum Gasteiger partial charge on any atom is -0.478 e. The predicted octanol–water partition coefficient (Wildman–Crippen LogP) is 3.40. The van der Waals surface area contributed by atoms with E-state index in [1.54, 1.807) is 12.1 Å². The average molecular weight is 362 g/mol. The van der Waals surface area contributed by atoms with Gasteiger partial charge in [0.1, 0.15) is 0 Å². The predicted molar refractivity (Wildman–Crippen MR) is 101 cm³/mol. The summed E-state index contributed by atoms with van der Waals surface area (Å²) in [6.45, 7) is 1.38. The van der Waals surface area contributed by atoms with Crippen LogP contribution in [0, 0.1) is 11.3 Å². The Morgan fingerprint density at radius 2 is 1.81 bits per heavy atom. The number of carboxylic acids is 1. The zero-order valence-electron chi connectivity index (χ0n) is 15.1. The van der Waals surface area contributed by atoms with E-state index in [1.165, 1.54) is 0 Å². The zero-order chi connectivity index (χ0) is 19.2. The van der Waals surface area contributed by atoms with E-state index in [0.29, 0.717) is 19.4 Å². The summed E-state index contributed by atoms with van der Waals surface area (Å²) in [5.41, 5.74) is 3.17. The fraction of sp³-hybridized carbons (Fsp3) is 0.318. The van der Waals surface area contributed by atoms with Crippen molar-refractivity contribution in [1.82, 2.24) is 4.90 Å². The van der Waals surface area contributed by atoms with Gasteiger partial charge in [0.2, 0.25) is 5.91 Å². The van der Waals surface area contributed by atoms with Crippen LogP contribution < -0.4 is 0 Å². The summed E-state index contributed by atoms with van der Waals surface area (Å²) in [5.74, 6) is -0.634. The number of aromatic carboxylic acids is 1. The molecule has 2 aromatic carbocycles. The number of carbonyl (C=O) groups excluding carboxylic acids is 1. The van der Waals surface area contributed by atoms with Crippen LogP contribution >= 0.6 is 0 Å². The van der Waals surface area contributed by atoms with Crippen LogP contribution in [-0.2, 0) is 17.6 Å². The van der Waals surface area contributed by atoms with Gasteiger partial charge in [-0.2, -0.15) is 5.26 Å². The summed E-state index contributed by atoms with van der Waals surface area (Å²) in [6, 6.07) is 16.7. The molecule has 0 spiro atoms. The second kappa shape index (κ2) is 8.50. The lowest BCUT2D eigenvalue weighted by Gasteiger charge is -2.33. The van der Waals surface area contributed by atoms with Crippen molar-refractivity contribution in [3.05, 3.63) is 70.8 Å². The Morgan fingerprint density at radius 3 is 2.48 bits per heavy atom. The van der Waals surface area contributed by atoms with Crippen molar-refractivity contribution >= 4 is 11.9 Å². The Hall–Kier alpha value is -3.13. The third-order valence-electron chi connectivity index (χ3n) is 5.13. The number of nitrogens with zero attached hydrogens (tertiary/aromatic N) is 2. The zero-order valence-corrected chi connectivity index (χ0v) is 15.1. The molecule has 1 unspecified atom stereocenters. The molecule has 1 saturated heterocycles. The topological polar surface area (TPSA) is 81.4 Å². The molecule has 0 bridgehead atoms. The first-order valence-electron chi connectivity index (χ1n) is 9.13. The van der Waals surface area contributed by atoms with Gasteiger partial charge in [0, 0.05) is 19.0 Å². The number of carbonyl (C=O) groups is 2. The lowest BCUT2D eigenvalue weighted by molar-refractivity contribution is -0.131. The smallest absolute Gasteiger partial charge is 0.335 e. The Labute approximate surface area is 158 Å². The Morgan fingerprint density at radius 1 is 1.11 bits per heavy atom. The van der Waals surface area contributed by atoms with Crippen LogP contribution in [0.25, 0.3) is 0 Å². The van der Waals surface area contributed by atoms with Gasteiger partial charge in [0.05, 0.1) is 24.5 Å². The highest BCUT2D eigenvalue weighted by Crippen LogP contribution is 2.27. The molecule has 2 aromatic rings. The Balaban J connectivity index is 1.68. The van der Waals surface area contributed by atoms with Crippen molar-refractivity contribution in [2.24, 2.45) is 0 Å². The van der Waals surface area contributed by atoms with E-state index in [9.17, 15) is 9.59 Å². The van der Waals surface area contributed by atoms with Gasteiger partial charge in [0.25, 0.3) is 0 Å². The third-order valence-corrected chi connectivity index (χ3v) is 5.13. The van der Waals surface area contributed by atoms with E-state index >= 15 is 0 Å². The largest absolute Gasteiger partial charge is 0.478 e. The molecule has 1 aliphatic rings. The van der Waals surface area contributed by atoms with Crippen molar-refractivity contribution in [1.29, 1.82) is 5.26 Å². The SMILES string of the molecule is N#CCc1ccccc1CC(=O)N1CCCC(c2ccc(C(=O)O)cc2)C1. The highest BCUT2D eigenvalue weighted by molar-refractivity contribution is 5.87. The molecule has 0 aliphatic carbocycles. The summed E-state index contributed by atoms with van der Waals surface area (Å²) < 4.78 is 0. The molecule has 1 fully saturated rings. The first kappa shape index (κ1) is 18.7. The number of piperidine rings is 1. The van der Waals surface area contributed by atoms with Crippen molar-refractivity contribution in [2.45, 2.75) is 31.6 Å². The standard InChI is InChI=1S/C22H22N2O3/c23-12-11-16-4-1-2-5-19(16)14-21(25)24-13-3-6-20(15-24)17-7-9-18(10-8-17)22(26)27/h1-2,4-5,7-10,20H,3,6,11,13-15H2,(H,26,27).